The molecule has 30 heavy (non-hydrogen) atoms. The fraction of sp³-hybridized carbons (Fsp3) is 0.200. The molecule has 5 nitrogen and oxygen atoms in total. The third kappa shape index (κ3) is 5.95. The van der Waals surface area contributed by atoms with Gasteiger partial charge in [-0.2, -0.15) is 0 Å². The Kier molecular flexibility index (Phi) is 7.22. The Morgan fingerprint density at radius 3 is 2.37 bits per heavy atom. The number of para-hydroxylation sites is 1. The van der Waals surface area contributed by atoms with Gasteiger partial charge in [0.1, 0.15) is 5.75 Å². The van der Waals surface area contributed by atoms with Gasteiger partial charge in [0.2, 0.25) is 0 Å². The van der Waals surface area contributed by atoms with Crippen LogP contribution in [0.5, 0.6) is 5.75 Å². The van der Waals surface area contributed by atoms with Gasteiger partial charge in [-0.05, 0) is 56.2 Å². The van der Waals surface area contributed by atoms with Crippen molar-refractivity contribution in [3.05, 3.63) is 95.6 Å². The third-order valence-electron chi connectivity index (χ3n) is 4.43. The lowest BCUT2D eigenvalue weighted by Gasteiger charge is -2.13. The maximum Gasteiger partial charge on any atom is 0.255 e. The smallest absolute Gasteiger partial charge is 0.255 e. The molecule has 0 aliphatic carbocycles. The minimum Gasteiger partial charge on any atom is -0.491 e. The first-order chi connectivity index (χ1) is 14.5. The first kappa shape index (κ1) is 21.1. The number of hydrogen-bond acceptors (Lipinski definition) is 3. The highest BCUT2D eigenvalue weighted by Gasteiger charge is 2.14. The molecule has 0 saturated heterocycles. The molecule has 5 heteroatoms. The molecule has 3 aromatic carbocycles. The first-order valence-electron chi connectivity index (χ1n) is 10.0. The van der Waals surface area contributed by atoms with E-state index in [4.69, 9.17) is 4.74 Å². The third-order valence-corrected chi connectivity index (χ3v) is 4.43. The van der Waals surface area contributed by atoms with Gasteiger partial charge in [-0.3, -0.25) is 9.59 Å². The molecule has 2 amide bonds. The van der Waals surface area contributed by atoms with Crippen LogP contribution in [0.4, 0.5) is 5.69 Å². The van der Waals surface area contributed by atoms with Crippen molar-refractivity contribution in [3.63, 3.8) is 0 Å². The highest BCUT2D eigenvalue weighted by molar-refractivity contribution is 6.09. The SMILES string of the molecule is CC(C)Oc1cccc(C(=O)Nc2ccccc2C(=O)NCCc2ccccc2)c1. The highest BCUT2D eigenvalue weighted by Crippen LogP contribution is 2.19. The van der Waals surface area contributed by atoms with Crippen LogP contribution in [0.15, 0.2) is 78.9 Å². The van der Waals surface area contributed by atoms with Gasteiger partial charge in [-0.1, -0.05) is 48.5 Å². The summed E-state index contributed by atoms with van der Waals surface area (Å²) in [6, 6.07) is 23.9. The van der Waals surface area contributed by atoms with Crippen molar-refractivity contribution in [2.24, 2.45) is 0 Å². The number of carbonyl (C=O) groups excluding carboxylic acids is 2. The molecule has 0 heterocycles. The second-order valence-electron chi connectivity index (χ2n) is 7.19. The summed E-state index contributed by atoms with van der Waals surface area (Å²) in [6.45, 7) is 4.37. The van der Waals surface area contributed by atoms with E-state index in [2.05, 4.69) is 10.6 Å². The lowest BCUT2D eigenvalue weighted by atomic mass is 10.1. The molecule has 0 saturated carbocycles. The summed E-state index contributed by atoms with van der Waals surface area (Å²) in [7, 11) is 0. The molecule has 0 aliphatic rings. The van der Waals surface area contributed by atoms with Gasteiger partial charge < -0.3 is 15.4 Å². The fourth-order valence-corrected chi connectivity index (χ4v) is 3.03. The van der Waals surface area contributed by atoms with E-state index in [-0.39, 0.29) is 17.9 Å². The Labute approximate surface area is 177 Å². The molecule has 3 aromatic rings. The number of rotatable bonds is 8. The molecule has 0 aromatic heterocycles. The van der Waals surface area contributed by atoms with E-state index in [9.17, 15) is 9.59 Å². The van der Waals surface area contributed by atoms with Crippen LogP contribution in [0.2, 0.25) is 0 Å². The zero-order chi connectivity index (χ0) is 21.3. The van der Waals surface area contributed by atoms with Crippen molar-refractivity contribution in [1.29, 1.82) is 0 Å². The Hall–Kier alpha value is -3.60. The number of benzene rings is 3. The monoisotopic (exact) mass is 402 g/mol. The Balaban J connectivity index is 1.66. The van der Waals surface area contributed by atoms with Gasteiger partial charge >= 0.3 is 0 Å². The van der Waals surface area contributed by atoms with Gasteiger partial charge in [0.15, 0.2) is 0 Å². The van der Waals surface area contributed by atoms with Crippen LogP contribution in [0.3, 0.4) is 0 Å². The zero-order valence-corrected chi connectivity index (χ0v) is 17.2. The number of hydrogen-bond donors (Lipinski definition) is 2. The van der Waals surface area contributed by atoms with E-state index in [1.165, 1.54) is 0 Å². The Bertz CT molecular complexity index is 1000. The van der Waals surface area contributed by atoms with Crippen molar-refractivity contribution in [2.45, 2.75) is 26.4 Å². The second kappa shape index (κ2) is 10.3. The Morgan fingerprint density at radius 1 is 0.867 bits per heavy atom. The van der Waals surface area contributed by atoms with Gasteiger partial charge in [-0.15, -0.1) is 0 Å². The van der Waals surface area contributed by atoms with Crippen LogP contribution in [-0.4, -0.2) is 24.5 Å². The number of carbonyl (C=O) groups is 2. The maximum absolute atomic E-state index is 12.7. The van der Waals surface area contributed by atoms with Gasteiger partial charge in [0.05, 0.1) is 17.4 Å². The summed E-state index contributed by atoms with van der Waals surface area (Å²) in [5, 5.41) is 5.76. The summed E-state index contributed by atoms with van der Waals surface area (Å²) in [4.78, 5) is 25.4. The van der Waals surface area contributed by atoms with E-state index in [0.29, 0.717) is 29.1 Å². The highest BCUT2D eigenvalue weighted by atomic mass is 16.5. The van der Waals surface area contributed by atoms with E-state index in [1.54, 1.807) is 42.5 Å². The average molecular weight is 402 g/mol. The molecule has 0 unspecified atom stereocenters. The van der Waals surface area contributed by atoms with Crippen LogP contribution in [0.25, 0.3) is 0 Å². The van der Waals surface area contributed by atoms with Crippen molar-refractivity contribution in [3.8, 4) is 5.75 Å². The molecular formula is C25H26N2O3. The molecular weight excluding hydrogens is 376 g/mol. The second-order valence-corrected chi connectivity index (χ2v) is 7.19. The molecule has 0 aliphatic heterocycles. The predicted molar refractivity (Wildman–Crippen MR) is 119 cm³/mol. The molecule has 0 fully saturated rings. The first-order valence-corrected chi connectivity index (χ1v) is 10.0. The van der Waals surface area contributed by atoms with Crippen LogP contribution >= 0.6 is 0 Å². The zero-order valence-electron chi connectivity index (χ0n) is 17.2. The van der Waals surface area contributed by atoms with Gasteiger partial charge in [0, 0.05) is 12.1 Å². The largest absolute Gasteiger partial charge is 0.491 e. The quantitative estimate of drug-likeness (QED) is 0.574. The molecule has 2 N–H and O–H groups in total. The van der Waals surface area contributed by atoms with E-state index >= 15 is 0 Å². The molecule has 154 valence electrons. The normalized spacial score (nSPS) is 10.5. The summed E-state index contributed by atoms with van der Waals surface area (Å²) >= 11 is 0. The number of nitrogens with one attached hydrogen (secondary N) is 2. The summed E-state index contributed by atoms with van der Waals surface area (Å²) < 4.78 is 5.65. The van der Waals surface area contributed by atoms with Gasteiger partial charge in [-0.25, -0.2) is 0 Å². The summed E-state index contributed by atoms with van der Waals surface area (Å²) in [5.41, 5.74) is 2.51. The summed E-state index contributed by atoms with van der Waals surface area (Å²) in [6.07, 6.45) is 0.757. The standard InChI is InChI=1S/C25H26N2O3/c1-18(2)30-21-12-8-11-20(17-21)24(28)27-23-14-7-6-13-22(23)25(29)26-16-15-19-9-4-3-5-10-19/h3-14,17-18H,15-16H2,1-2H3,(H,26,29)(H,27,28). The van der Waals surface area contributed by atoms with E-state index in [1.807, 2.05) is 50.2 Å². The van der Waals surface area contributed by atoms with Crippen LogP contribution in [0.1, 0.15) is 40.1 Å². The number of anilines is 1. The lowest BCUT2D eigenvalue weighted by Crippen LogP contribution is -2.27. The molecule has 0 radical (unpaired) electrons. The molecule has 0 atom stereocenters. The van der Waals surface area contributed by atoms with Gasteiger partial charge in [0.25, 0.3) is 11.8 Å². The van der Waals surface area contributed by atoms with Crippen molar-refractivity contribution >= 4 is 17.5 Å². The molecule has 0 spiro atoms. The summed E-state index contributed by atoms with van der Waals surface area (Å²) in [5.74, 6) is 0.108. The van der Waals surface area contributed by atoms with Crippen LogP contribution < -0.4 is 15.4 Å². The van der Waals surface area contributed by atoms with E-state index < -0.39 is 0 Å². The number of amides is 2. The topological polar surface area (TPSA) is 67.4 Å². The minimum absolute atomic E-state index is 0.0172. The molecule has 0 bridgehead atoms. The minimum atomic E-state index is -0.297. The maximum atomic E-state index is 12.7. The number of ether oxygens (including phenoxy) is 1. The van der Waals surface area contributed by atoms with E-state index in [0.717, 1.165) is 12.0 Å². The molecule has 3 rings (SSSR count). The Morgan fingerprint density at radius 2 is 1.60 bits per heavy atom. The van der Waals surface area contributed by atoms with Crippen LogP contribution in [0, 0.1) is 0 Å². The van der Waals surface area contributed by atoms with Crippen molar-refractivity contribution in [1.82, 2.24) is 5.32 Å². The average Bonchev–Trinajstić information content (AvgIpc) is 2.74. The van der Waals surface area contributed by atoms with Crippen LogP contribution in [-0.2, 0) is 6.42 Å². The lowest BCUT2D eigenvalue weighted by molar-refractivity contribution is 0.0955. The van der Waals surface area contributed by atoms with Crippen molar-refractivity contribution in [2.75, 3.05) is 11.9 Å². The fourth-order valence-electron chi connectivity index (χ4n) is 3.03. The van der Waals surface area contributed by atoms with Crippen molar-refractivity contribution < 1.29 is 14.3 Å². The predicted octanol–water partition coefficient (Wildman–Crippen LogP) is 4.70.